The van der Waals surface area contributed by atoms with Gasteiger partial charge in [-0.15, -0.1) is 0 Å². The molecule has 1 aromatic carbocycles. The highest BCUT2D eigenvalue weighted by Gasteiger charge is 2.63. The summed E-state index contributed by atoms with van der Waals surface area (Å²) in [6, 6.07) is 3.66. The smallest absolute Gasteiger partial charge is 0.370 e. The molecule has 4 aliphatic rings. The first-order chi connectivity index (χ1) is 17.0. The zero-order valence-corrected chi connectivity index (χ0v) is 20.0. The number of anilines is 1. The Balaban J connectivity index is 1.33. The summed E-state index contributed by atoms with van der Waals surface area (Å²) in [6.07, 6.45) is -0.349. The first-order valence-corrected chi connectivity index (χ1v) is 12.4. The molecule has 4 amide bonds. The van der Waals surface area contributed by atoms with E-state index in [9.17, 15) is 32.3 Å². The number of carbonyl (C=O) groups excluding carboxylic acids is 4. The molecule has 1 aromatic rings. The number of fused-ring (bicyclic) bond motifs is 1. The fourth-order valence-electron chi connectivity index (χ4n) is 5.72. The predicted octanol–water partition coefficient (Wildman–Crippen LogP) is 2.77. The molecule has 0 spiro atoms. The molecule has 2 saturated carbocycles. The molecule has 0 aromatic heterocycles. The SMILES string of the molecule is CN(c1ccc2c(c1)C(=O)N(C1CCC(=O)NC1=O)C2=O)[C@@H]1CCCC[C@@H]1NCC1(C(F)(F)F)CC1. The standard InChI is InChI=1S/C25H29F3N4O4/c1-31(18-5-3-2-4-17(18)29-13-24(10-11-24)25(26,27)28)14-6-7-15-16(12-14)23(36)32(22(15)35)19-8-9-20(33)30-21(19)34/h6-7,12,17-19,29H,2-5,8-11,13H2,1H3,(H,30,33,34)/t17-,18+,19?/m0/s1. The van der Waals surface area contributed by atoms with E-state index in [0.29, 0.717) is 5.69 Å². The van der Waals surface area contributed by atoms with Crippen LogP contribution >= 0.6 is 0 Å². The van der Waals surface area contributed by atoms with Crippen molar-refractivity contribution in [1.82, 2.24) is 15.5 Å². The van der Waals surface area contributed by atoms with Crippen LogP contribution in [0.25, 0.3) is 0 Å². The summed E-state index contributed by atoms with van der Waals surface area (Å²) in [5, 5.41) is 5.37. The van der Waals surface area contributed by atoms with Crippen molar-refractivity contribution in [3.8, 4) is 0 Å². The Morgan fingerprint density at radius 1 is 1.06 bits per heavy atom. The molecule has 11 heteroatoms. The lowest BCUT2D eigenvalue weighted by atomic mass is 9.88. The minimum Gasteiger partial charge on any atom is -0.370 e. The van der Waals surface area contributed by atoms with E-state index in [1.54, 1.807) is 18.2 Å². The van der Waals surface area contributed by atoms with Crippen molar-refractivity contribution in [3.05, 3.63) is 29.3 Å². The fourth-order valence-corrected chi connectivity index (χ4v) is 5.72. The Morgan fingerprint density at radius 3 is 2.42 bits per heavy atom. The molecule has 5 rings (SSSR count). The number of alkyl halides is 3. The third-order valence-electron chi connectivity index (χ3n) is 8.22. The molecule has 1 saturated heterocycles. The number of nitrogens with one attached hydrogen (secondary N) is 2. The lowest BCUT2D eigenvalue weighted by Gasteiger charge is -2.40. The second-order valence-electron chi connectivity index (χ2n) is 10.4. The first-order valence-electron chi connectivity index (χ1n) is 12.4. The molecule has 8 nitrogen and oxygen atoms in total. The van der Waals surface area contributed by atoms with Crippen molar-refractivity contribution in [3.63, 3.8) is 0 Å². The normalized spacial score (nSPS) is 27.7. The van der Waals surface area contributed by atoms with Crippen LogP contribution in [0.15, 0.2) is 18.2 Å². The van der Waals surface area contributed by atoms with Gasteiger partial charge in [-0.2, -0.15) is 13.2 Å². The van der Waals surface area contributed by atoms with Crippen LogP contribution in [0.1, 0.15) is 72.1 Å². The van der Waals surface area contributed by atoms with Gasteiger partial charge in [-0.25, -0.2) is 0 Å². The number of imide groups is 2. The fraction of sp³-hybridized carbons (Fsp3) is 0.600. The van der Waals surface area contributed by atoms with E-state index in [1.165, 1.54) is 0 Å². The number of halogens is 3. The molecule has 3 atom stereocenters. The van der Waals surface area contributed by atoms with Crippen LogP contribution in [0, 0.1) is 5.41 Å². The van der Waals surface area contributed by atoms with Crippen molar-refractivity contribution in [2.75, 3.05) is 18.5 Å². The van der Waals surface area contributed by atoms with E-state index in [-0.39, 0.29) is 55.4 Å². The van der Waals surface area contributed by atoms with Gasteiger partial charge in [0.1, 0.15) is 6.04 Å². The van der Waals surface area contributed by atoms with Crippen LogP contribution in [0.2, 0.25) is 0 Å². The number of rotatable bonds is 6. The number of hydrogen-bond acceptors (Lipinski definition) is 6. The summed E-state index contributed by atoms with van der Waals surface area (Å²) in [7, 11) is 1.85. The number of piperidine rings is 1. The zero-order chi connectivity index (χ0) is 25.8. The van der Waals surface area contributed by atoms with Crippen LogP contribution in [0.3, 0.4) is 0 Å². The monoisotopic (exact) mass is 506 g/mol. The van der Waals surface area contributed by atoms with Gasteiger partial charge in [0.05, 0.1) is 16.5 Å². The number of benzene rings is 1. The minimum absolute atomic E-state index is 0.0451. The summed E-state index contributed by atoms with van der Waals surface area (Å²) in [6.45, 7) is -0.0937. The second-order valence-corrected chi connectivity index (χ2v) is 10.4. The van der Waals surface area contributed by atoms with E-state index in [0.717, 1.165) is 30.6 Å². The number of nitrogens with zero attached hydrogens (tertiary/aromatic N) is 2. The van der Waals surface area contributed by atoms with Gasteiger partial charge in [0, 0.05) is 37.8 Å². The lowest BCUT2D eigenvalue weighted by molar-refractivity contribution is -0.186. The van der Waals surface area contributed by atoms with E-state index in [2.05, 4.69) is 10.6 Å². The van der Waals surface area contributed by atoms with Gasteiger partial charge in [0.2, 0.25) is 11.8 Å². The lowest BCUT2D eigenvalue weighted by Crippen LogP contribution is -2.54. The Hall–Kier alpha value is -2.95. The van der Waals surface area contributed by atoms with Gasteiger partial charge in [-0.3, -0.25) is 29.4 Å². The maximum absolute atomic E-state index is 13.4. The van der Waals surface area contributed by atoms with Crippen LogP contribution < -0.4 is 15.5 Å². The van der Waals surface area contributed by atoms with Crippen molar-refractivity contribution in [1.29, 1.82) is 0 Å². The van der Waals surface area contributed by atoms with E-state index in [4.69, 9.17) is 0 Å². The van der Waals surface area contributed by atoms with Crippen molar-refractivity contribution < 1.29 is 32.3 Å². The van der Waals surface area contributed by atoms with E-state index >= 15 is 0 Å². The zero-order valence-electron chi connectivity index (χ0n) is 20.0. The largest absolute Gasteiger partial charge is 0.395 e. The van der Waals surface area contributed by atoms with Crippen molar-refractivity contribution in [2.45, 2.75) is 75.7 Å². The molecule has 0 bridgehead atoms. The summed E-state index contributed by atoms with van der Waals surface area (Å²) in [5.74, 6) is -2.26. The molecule has 1 unspecified atom stereocenters. The summed E-state index contributed by atoms with van der Waals surface area (Å²) in [5.41, 5.74) is -0.562. The Labute approximate surface area is 206 Å². The topological polar surface area (TPSA) is 98.8 Å². The van der Waals surface area contributed by atoms with E-state index < -0.39 is 41.3 Å². The van der Waals surface area contributed by atoms with Crippen LogP contribution in [-0.2, 0) is 9.59 Å². The van der Waals surface area contributed by atoms with Gasteiger partial charge in [-0.1, -0.05) is 12.8 Å². The van der Waals surface area contributed by atoms with Gasteiger partial charge < -0.3 is 10.2 Å². The summed E-state index contributed by atoms with van der Waals surface area (Å²) in [4.78, 5) is 52.8. The average molecular weight is 507 g/mol. The predicted molar refractivity (Wildman–Crippen MR) is 123 cm³/mol. The van der Waals surface area contributed by atoms with Crippen LogP contribution in [0.4, 0.5) is 18.9 Å². The highest BCUT2D eigenvalue weighted by molar-refractivity contribution is 6.23. The maximum Gasteiger partial charge on any atom is 0.395 e. The summed E-state index contributed by atoms with van der Waals surface area (Å²) < 4.78 is 40.3. The number of likely N-dealkylation sites (N-methyl/N-ethyl adjacent to an activating group) is 1. The minimum atomic E-state index is -4.21. The molecule has 36 heavy (non-hydrogen) atoms. The number of amides is 4. The number of hydrogen-bond donors (Lipinski definition) is 2. The molecule has 0 radical (unpaired) electrons. The molecule has 2 heterocycles. The highest BCUT2D eigenvalue weighted by atomic mass is 19.4. The molecule has 3 fully saturated rings. The first kappa shape index (κ1) is 24.7. The van der Waals surface area contributed by atoms with Crippen LogP contribution in [-0.4, -0.2) is 66.4 Å². The average Bonchev–Trinajstić information content (AvgIpc) is 3.60. The quantitative estimate of drug-likeness (QED) is 0.576. The van der Waals surface area contributed by atoms with Crippen molar-refractivity contribution >= 4 is 29.3 Å². The molecule has 2 aliphatic carbocycles. The van der Waals surface area contributed by atoms with Gasteiger partial charge in [0.15, 0.2) is 0 Å². The molecular weight excluding hydrogens is 477 g/mol. The third kappa shape index (κ3) is 4.16. The molecule has 194 valence electrons. The van der Waals surface area contributed by atoms with Crippen molar-refractivity contribution in [2.24, 2.45) is 5.41 Å². The van der Waals surface area contributed by atoms with E-state index in [1.807, 2.05) is 11.9 Å². The molecule has 2 N–H and O–H groups in total. The molecule has 2 aliphatic heterocycles. The third-order valence-corrected chi connectivity index (χ3v) is 8.22. The Kier molecular flexibility index (Phi) is 6.09. The maximum atomic E-state index is 13.4. The second kappa shape index (κ2) is 8.86. The van der Waals surface area contributed by atoms with Gasteiger partial charge in [-0.05, 0) is 50.3 Å². The number of carbonyl (C=O) groups is 4. The summed E-state index contributed by atoms with van der Waals surface area (Å²) >= 11 is 0. The Morgan fingerprint density at radius 2 is 1.75 bits per heavy atom. The van der Waals surface area contributed by atoms with Gasteiger partial charge in [0.25, 0.3) is 11.8 Å². The highest BCUT2D eigenvalue weighted by Crippen LogP contribution is 2.57. The Bertz CT molecular complexity index is 1120. The van der Waals surface area contributed by atoms with Crippen LogP contribution in [0.5, 0.6) is 0 Å². The molecular formula is C25H29F3N4O4. The van der Waals surface area contributed by atoms with Gasteiger partial charge >= 0.3 is 6.18 Å².